The summed E-state index contributed by atoms with van der Waals surface area (Å²) in [5.41, 5.74) is 0. The summed E-state index contributed by atoms with van der Waals surface area (Å²) in [5, 5.41) is 14.0. The van der Waals surface area contributed by atoms with Crippen molar-refractivity contribution in [2.75, 3.05) is 6.54 Å². The van der Waals surface area contributed by atoms with Crippen molar-refractivity contribution in [1.29, 1.82) is 0 Å². The lowest BCUT2D eigenvalue weighted by Gasteiger charge is -2.14. The van der Waals surface area contributed by atoms with E-state index < -0.39 is 12.0 Å². The summed E-state index contributed by atoms with van der Waals surface area (Å²) in [7, 11) is 0. The molecule has 6 heteroatoms. The third-order valence-electron chi connectivity index (χ3n) is 2.38. The maximum Gasteiger partial charge on any atom is 0.326 e. The molecule has 0 bridgehead atoms. The largest absolute Gasteiger partial charge is 0.480 e. The molecular formula is C12H22N2O4. The number of carboxylic acid groups (broad SMARTS) is 1. The van der Waals surface area contributed by atoms with Gasteiger partial charge in [0.25, 0.3) is 0 Å². The highest BCUT2D eigenvalue weighted by Gasteiger charge is 2.19. The first-order valence-corrected chi connectivity index (χ1v) is 6.30. The van der Waals surface area contributed by atoms with Gasteiger partial charge in [0.2, 0.25) is 11.8 Å². The Hall–Kier alpha value is -1.59. The van der Waals surface area contributed by atoms with E-state index in [0.717, 1.165) is 0 Å². The minimum atomic E-state index is -1.06. The molecular weight excluding hydrogens is 236 g/mol. The van der Waals surface area contributed by atoms with Gasteiger partial charge in [-0.3, -0.25) is 9.59 Å². The van der Waals surface area contributed by atoms with Gasteiger partial charge in [0, 0.05) is 19.4 Å². The predicted molar refractivity (Wildman–Crippen MR) is 67.0 cm³/mol. The number of rotatable bonds is 9. The standard InChI is InChI=1S/C12H22N2O4/c1-3-6-11(16)14-9(12(17)18)7-5-8-10(15)13-4-2/h9H,3-8H2,1-2H3,(H,13,15)(H,14,16)(H,17,18). The lowest BCUT2D eigenvalue weighted by molar-refractivity contribution is -0.142. The summed E-state index contributed by atoms with van der Waals surface area (Å²) < 4.78 is 0. The SMILES string of the molecule is CCCC(=O)NC(CCCC(=O)NCC)C(=O)O. The molecule has 104 valence electrons. The van der Waals surface area contributed by atoms with Crippen LogP contribution in [0.5, 0.6) is 0 Å². The number of aliphatic carboxylic acids is 1. The summed E-state index contributed by atoms with van der Waals surface area (Å²) >= 11 is 0. The van der Waals surface area contributed by atoms with Crippen LogP contribution in [0.2, 0.25) is 0 Å². The van der Waals surface area contributed by atoms with E-state index in [2.05, 4.69) is 10.6 Å². The van der Waals surface area contributed by atoms with Crippen LogP contribution in [0.3, 0.4) is 0 Å². The predicted octanol–water partition coefficient (Wildman–Crippen LogP) is 0.662. The number of carbonyl (C=O) groups excluding carboxylic acids is 2. The molecule has 0 aliphatic carbocycles. The zero-order valence-corrected chi connectivity index (χ0v) is 11.0. The van der Waals surface area contributed by atoms with Crippen LogP contribution < -0.4 is 10.6 Å². The van der Waals surface area contributed by atoms with Gasteiger partial charge in [-0.1, -0.05) is 6.92 Å². The minimum absolute atomic E-state index is 0.0958. The van der Waals surface area contributed by atoms with E-state index in [-0.39, 0.29) is 24.7 Å². The number of nitrogens with one attached hydrogen (secondary N) is 2. The number of carbonyl (C=O) groups is 3. The van der Waals surface area contributed by atoms with Gasteiger partial charge >= 0.3 is 5.97 Å². The molecule has 0 aromatic rings. The maximum atomic E-state index is 11.3. The fraction of sp³-hybridized carbons (Fsp3) is 0.750. The zero-order chi connectivity index (χ0) is 14.0. The van der Waals surface area contributed by atoms with E-state index in [1.54, 1.807) is 0 Å². The molecule has 0 spiro atoms. The molecule has 0 saturated heterocycles. The second-order valence-corrected chi connectivity index (χ2v) is 4.05. The van der Waals surface area contributed by atoms with E-state index in [9.17, 15) is 14.4 Å². The van der Waals surface area contributed by atoms with Crippen molar-refractivity contribution in [1.82, 2.24) is 10.6 Å². The van der Waals surface area contributed by atoms with E-state index in [0.29, 0.717) is 25.8 Å². The summed E-state index contributed by atoms with van der Waals surface area (Å²) in [6, 6.07) is -0.904. The van der Waals surface area contributed by atoms with E-state index >= 15 is 0 Å². The molecule has 0 rings (SSSR count). The average molecular weight is 258 g/mol. The third kappa shape index (κ3) is 7.65. The van der Waals surface area contributed by atoms with Crippen molar-refractivity contribution in [3.05, 3.63) is 0 Å². The van der Waals surface area contributed by atoms with E-state index in [1.807, 2.05) is 13.8 Å². The van der Waals surface area contributed by atoms with Gasteiger partial charge in [0.15, 0.2) is 0 Å². The van der Waals surface area contributed by atoms with Gasteiger partial charge in [0.05, 0.1) is 0 Å². The monoisotopic (exact) mass is 258 g/mol. The first-order chi connectivity index (χ1) is 8.51. The molecule has 6 nitrogen and oxygen atoms in total. The Morgan fingerprint density at radius 3 is 2.28 bits per heavy atom. The maximum absolute atomic E-state index is 11.3. The van der Waals surface area contributed by atoms with Crippen LogP contribution in [0.4, 0.5) is 0 Å². The molecule has 3 N–H and O–H groups in total. The Balaban J connectivity index is 4.01. The number of carboxylic acids is 1. The Bertz CT molecular complexity index is 292. The van der Waals surface area contributed by atoms with E-state index in [4.69, 9.17) is 5.11 Å². The van der Waals surface area contributed by atoms with Crippen molar-refractivity contribution < 1.29 is 19.5 Å². The highest BCUT2D eigenvalue weighted by atomic mass is 16.4. The molecule has 0 aliphatic rings. The van der Waals surface area contributed by atoms with Crippen molar-refractivity contribution in [3.8, 4) is 0 Å². The van der Waals surface area contributed by atoms with Crippen molar-refractivity contribution in [2.45, 2.75) is 52.0 Å². The Labute approximate surface area is 107 Å². The van der Waals surface area contributed by atoms with Crippen molar-refractivity contribution >= 4 is 17.8 Å². The molecule has 0 aliphatic heterocycles. The molecule has 0 radical (unpaired) electrons. The molecule has 0 heterocycles. The Kier molecular flexibility index (Phi) is 8.61. The highest BCUT2D eigenvalue weighted by Crippen LogP contribution is 2.02. The number of hydrogen-bond acceptors (Lipinski definition) is 3. The van der Waals surface area contributed by atoms with Crippen molar-refractivity contribution in [3.63, 3.8) is 0 Å². The molecule has 18 heavy (non-hydrogen) atoms. The van der Waals surface area contributed by atoms with Crippen molar-refractivity contribution in [2.24, 2.45) is 0 Å². The quantitative estimate of drug-likeness (QED) is 0.566. The normalized spacial score (nSPS) is 11.7. The fourth-order valence-corrected chi connectivity index (χ4v) is 1.50. The second kappa shape index (κ2) is 9.44. The lowest BCUT2D eigenvalue weighted by atomic mass is 10.1. The number of hydrogen-bond donors (Lipinski definition) is 3. The van der Waals surface area contributed by atoms with Gasteiger partial charge in [-0.2, -0.15) is 0 Å². The minimum Gasteiger partial charge on any atom is -0.480 e. The summed E-state index contributed by atoms with van der Waals surface area (Å²) in [6.07, 6.45) is 1.98. The van der Waals surface area contributed by atoms with Crippen LogP contribution in [0.15, 0.2) is 0 Å². The molecule has 0 fully saturated rings. The van der Waals surface area contributed by atoms with Crippen LogP contribution in [0.25, 0.3) is 0 Å². The summed E-state index contributed by atoms with van der Waals surface area (Å²) in [6.45, 7) is 4.24. The van der Waals surface area contributed by atoms with Crippen LogP contribution in [0, 0.1) is 0 Å². The molecule has 1 unspecified atom stereocenters. The number of amides is 2. The van der Waals surface area contributed by atoms with Gasteiger partial charge in [0.1, 0.15) is 6.04 Å². The average Bonchev–Trinajstić information content (AvgIpc) is 2.28. The molecule has 0 aromatic carbocycles. The molecule has 0 aromatic heterocycles. The molecule has 2 amide bonds. The first kappa shape index (κ1) is 16.4. The third-order valence-corrected chi connectivity index (χ3v) is 2.38. The highest BCUT2D eigenvalue weighted by molar-refractivity contribution is 5.83. The first-order valence-electron chi connectivity index (χ1n) is 6.30. The second-order valence-electron chi connectivity index (χ2n) is 4.05. The smallest absolute Gasteiger partial charge is 0.326 e. The van der Waals surface area contributed by atoms with Gasteiger partial charge < -0.3 is 15.7 Å². The van der Waals surface area contributed by atoms with Gasteiger partial charge in [-0.25, -0.2) is 4.79 Å². The van der Waals surface area contributed by atoms with Crippen LogP contribution in [-0.2, 0) is 14.4 Å². The van der Waals surface area contributed by atoms with Gasteiger partial charge in [-0.15, -0.1) is 0 Å². The topological polar surface area (TPSA) is 95.5 Å². The fourth-order valence-electron chi connectivity index (χ4n) is 1.50. The molecule has 0 saturated carbocycles. The van der Waals surface area contributed by atoms with Crippen LogP contribution in [0.1, 0.15) is 46.0 Å². The Morgan fingerprint density at radius 1 is 1.11 bits per heavy atom. The lowest BCUT2D eigenvalue weighted by Crippen LogP contribution is -2.40. The Morgan fingerprint density at radius 2 is 1.78 bits per heavy atom. The summed E-state index contributed by atoms with van der Waals surface area (Å²) in [4.78, 5) is 33.4. The van der Waals surface area contributed by atoms with Gasteiger partial charge in [-0.05, 0) is 26.2 Å². The summed E-state index contributed by atoms with van der Waals surface area (Å²) in [5.74, 6) is -1.42. The zero-order valence-electron chi connectivity index (χ0n) is 11.0. The molecule has 1 atom stereocenters. The van der Waals surface area contributed by atoms with Crippen LogP contribution in [-0.4, -0.2) is 35.5 Å². The van der Waals surface area contributed by atoms with Crippen LogP contribution >= 0.6 is 0 Å². The van der Waals surface area contributed by atoms with E-state index in [1.165, 1.54) is 0 Å².